The number of hydrogen-bond donors (Lipinski definition) is 2. The van der Waals surface area contributed by atoms with Crippen molar-refractivity contribution in [2.24, 2.45) is 4.99 Å². The number of aliphatic imine (C=N–C) groups is 1. The van der Waals surface area contributed by atoms with Crippen molar-refractivity contribution in [3.8, 4) is 0 Å². The van der Waals surface area contributed by atoms with Crippen LogP contribution in [0.25, 0.3) is 0 Å². The van der Waals surface area contributed by atoms with Crippen LogP contribution in [0.4, 0.5) is 17.1 Å². The third-order valence-corrected chi connectivity index (χ3v) is 1.90. The van der Waals surface area contributed by atoms with Crippen molar-refractivity contribution < 1.29 is 9.86 Å². The molecule has 1 aromatic carbocycles. The number of amides is 1. The Bertz CT molecular complexity index is 415. The van der Waals surface area contributed by atoms with Crippen molar-refractivity contribution in [1.29, 1.82) is 0 Å². The largest absolute Gasteiger partial charge is 0.623 e. The third kappa shape index (κ3) is 1.50. The van der Waals surface area contributed by atoms with E-state index in [2.05, 4.69) is 10.3 Å². The van der Waals surface area contributed by atoms with Gasteiger partial charge in [-0.05, 0) is 12.1 Å². The van der Waals surface area contributed by atoms with Crippen LogP contribution < -0.4 is 10.4 Å². The Hall–Kier alpha value is -1.72. The fraction of sp³-hybridized carbons (Fsp3) is 0.111. The van der Waals surface area contributed by atoms with Crippen molar-refractivity contribution >= 4 is 29.3 Å². The highest BCUT2D eigenvalue weighted by atomic mass is 16.5. The summed E-state index contributed by atoms with van der Waals surface area (Å²) >= 11 is 0. The lowest BCUT2D eigenvalue weighted by atomic mass is 10.2. The van der Waals surface area contributed by atoms with Gasteiger partial charge in [0.05, 0.1) is 0 Å². The number of quaternary nitrogens is 1. The van der Waals surface area contributed by atoms with Crippen LogP contribution >= 0.6 is 0 Å². The highest BCUT2D eigenvalue weighted by molar-refractivity contribution is 5.90. The molecule has 0 fully saturated rings. The highest BCUT2D eigenvalue weighted by Crippen LogP contribution is 2.27. The zero-order valence-corrected chi connectivity index (χ0v) is 7.57. The lowest BCUT2D eigenvalue weighted by Gasteiger charge is -2.11. The zero-order valence-electron chi connectivity index (χ0n) is 7.57. The molecule has 1 unspecified atom stereocenters. The summed E-state index contributed by atoms with van der Waals surface area (Å²) < 4.78 is 0. The average Bonchev–Trinajstić information content (AvgIpc) is 2.46. The molecular formula is C9H9N3O2. The van der Waals surface area contributed by atoms with Crippen molar-refractivity contribution in [3.63, 3.8) is 0 Å². The molecule has 0 saturated carbocycles. The van der Waals surface area contributed by atoms with Crippen molar-refractivity contribution in [3.05, 3.63) is 23.4 Å². The maximum atomic E-state index is 11.2. The first-order valence-electron chi connectivity index (χ1n) is 4.17. The van der Waals surface area contributed by atoms with Crippen LogP contribution in [0.2, 0.25) is 0 Å². The number of fused-ring (bicyclic) bond motifs is 1. The molecule has 5 nitrogen and oxygen atoms in total. The summed E-state index contributed by atoms with van der Waals surface area (Å²) in [5.74, 6) is -0.141. The molecule has 1 amide bonds. The zero-order chi connectivity index (χ0) is 10.1. The van der Waals surface area contributed by atoms with E-state index in [1.54, 1.807) is 18.2 Å². The van der Waals surface area contributed by atoms with Gasteiger partial charge in [0.15, 0.2) is 12.0 Å². The molecule has 1 aromatic rings. The van der Waals surface area contributed by atoms with Gasteiger partial charge < -0.3 is 10.5 Å². The van der Waals surface area contributed by atoms with E-state index >= 15 is 0 Å². The Labute approximate surface area is 80.6 Å². The normalized spacial score (nSPS) is 18.0. The number of hydroxylamine groups is 1. The van der Waals surface area contributed by atoms with Crippen LogP contribution in [0.1, 0.15) is 6.92 Å². The summed E-state index contributed by atoms with van der Waals surface area (Å²) in [6.07, 6.45) is 1.28. The first-order valence-corrected chi connectivity index (χ1v) is 4.17. The van der Waals surface area contributed by atoms with E-state index in [0.717, 1.165) is 0 Å². The number of nitrogens with zero attached hydrogens (tertiary/aromatic N) is 1. The van der Waals surface area contributed by atoms with Crippen LogP contribution in [-0.4, -0.2) is 12.2 Å². The second-order valence-electron chi connectivity index (χ2n) is 3.04. The number of benzene rings is 1. The van der Waals surface area contributed by atoms with Gasteiger partial charge in [-0.15, -0.1) is 0 Å². The minimum Gasteiger partial charge on any atom is -0.623 e. The van der Waals surface area contributed by atoms with Gasteiger partial charge in [0.25, 0.3) is 0 Å². The molecule has 72 valence electrons. The van der Waals surface area contributed by atoms with Crippen LogP contribution in [-0.2, 0) is 4.79 Å². The highest BCUT2D eigenvalue weighted by Gasteiger charge is 2.14. The van der Waals surface area contributed by atoms with E-state index in [1.165, 1.54) is 13.3 Å². The lowest BCUT2D eigenvalue weighted by molar-refractivity contribution is -0.655. The number of rotatable bonds is 1. The molecule has 2 N–H and O–H groups in total. The van der Waals surface area contributed by atoms with E-state index in [9.17, 15) is 10.0 Å². The van der Waals surface area contributed by atoms with Crippen molar-refractivity contribution in [2.75, 3.05) is 5.32 Å². The molecule has 1 heterocycles. The summed E-state index contributed by atoms with van der Waals surface area (Å²) in [4.78, 5) is 14.7. The maximum Gasteiger partial charge on any atom is 0.221 e. The topological polar surface area (TPSA) is 69.0 Å². The van der Waals surface area contributed by atoms with Gasteiger partial charge in [-0.2, -0.15) is 4.99 Å². The average molecular weight is 191 g/mol. The SMILES string of the molecule is CC(=O)Nc1ccc2c(c1)N=C[NH+]2[O-]. The van der Waals surface area contributed by atoms with Gasteiger partial charge in [-0.25, -0.2) is 0 Å². The van der Waals surface area contributed by atoms with E-state index in [4.69, 9.17) is 0 Å². The molecule has 1 atom stereocenters. The Morgan fingerprint density at radius 2 is 2.36 bits per heavy atom. The molecule has 0 aliphatic carbocycles. The smallest absolute Gasteiger partial charge is 0.221 e. The first kappa shape index (κ1) is 8.86. The Balaban J connectivity index is 2.32. The molecule has 0 bridgehead atoms. The Morgan fingerprint density at radius 1 is 1.57 bits per heavy atom. The summed E-state index contributed by atoms with van der Waals surface area (Å²) in [5.41, 5.74) is 1.85. The van der Waals surface area contributed by atoms with Gasteiger partial charge in [-0.3, -0.25) is 9.86 Å². The summed E-state index contributed by atoms with van der Waals surface area (Å²) in [7, 11) is 0. The Morgan fingerprint density at radius 3 is 3.07 bits per heavy atom. The van der Waals surface area contributed by atoms with E-state index in [-0.39, 0.29) is 11.0 Å². The third-order valence-electron chi connectivity index (χ3n) is 1.90. The van der Waals surface area contributed by atoms with Gasteiger partial charge in [0.2, 0.25) is 5.91 Å². The van der Waals surface area contributed by atoms with Crippen molar-refractivity contribution in [1.82, 2.24) is 0 Å². The predicted octanol–water partition coefficient (Wildman–Crippen LogP) is 0.333. The van der Waals surface area contributed by atoms with E-state index < -0.39 is 0 Å². The van der Waals surface area contributed by atoms with Crippen LogP contribution in [0, 0.1) is 5.21 Å². The van der Waals surface area contributed by atoms with Crippen molar-refractivity contribution in [2.45, 2.75) is 6.92 Å². The molecule has 2 rings (SSSR count). The Kier molecular flexibility index (Phi) is 2.03. The second kappa shape index (κ2) is 3.21. The number of carbonyl (C=O) groups excluding carboxylic acids is 1. The maximum absolute atomic E-state index is 11.2. The summed E-state index contributed by atoms with van der Waals surface area (Å²) in [6.45, 7) is 1.43. The van der Waals surface area contributed by atoms with Gasteiger partial charge in [-0.1, -0.05) is 0 Å². The van der Waals surface area contributed by atoms with Crippen LogP contribution in [0.5, 0.6) is 0 Å². The van der Waals surface area contributed by atoms with E-state index in [0.29, 0.717) is 17.1 Å². The molecule has 14 heavy (non-hydrogen) atoms. The number of nitrogens with one attached hydrogen (secondary N) is 2. The van der Waals surface area contributed by atoms with E-state index in [1.807, 2.05) is 0 Å². The lowest BCUT2D eigenvalue weighted by Crippen LogP contribution is -2.99. The molecule has 1 aliphatic heterocycles. The van der Waals surface area contributed by atoms with Crippen LogP contribution in [0.3, 0.4) is 0 Å². The minimum atomic E-state index is -0.141. The number of carbonyl (C=O) groups is 1. The first-order chi connectivity index (χ1) is 6.66. The van der Waals surface area contributed by atoms with Gasteiger partial charge in [0.1, 0.15) is 5.69 Å². The van der Waals surface area contributed by atoms with Gasteiger partial charge in [0, 0.05) is 18.7 Å². The fourth-order valence-electron chi connectivity index (χ4n) is 1.33. The molecule has 0 radical (unpaired) electrons. The minimum absolute atomic E-state index is 0.0885. The number of hydrogen-bond acceptors (Lipinski definition) is 3. The molecule has 1 aliphatic rings. The standard InChI is InChI=1S/C9H9N3O2/c1-6(13)11-7-2-3-9-8(4-7)10-5-12(9)14/h2-5,12H,1H3,(H,11,13). The monoisotopic (exact) mass is 191 g/mol. The predicted molar refractivity (Wildman–Crippen MR) is 52.9 cm³/mol. The molecule has 0 spiro atoms. The summed E-state index contributed by atoms with van der Waals surface area (Å²) in [5, 5.41) is 13.7. The second-order valence-corrected chi connectivity index (χ2v) is 3.04. The van der Waals surface area contributed by atoms with Crippen LogP contribution in [0.15, 0.2) is 23.2 Å². The quantitative estimate of drug-likeness (QED) is 0.628. The summed E-state index contributed by atoms with van der Waals surface area (Å²) in [6, 6.07) is 5.03. The molecular weight excluding hydrogens is 182 g/mol. The molecule has 5 heteroatoms. The number of anilines is 1. The molecule has 0 aromatic heterocycles. The molecule has 0 saturated heterocycles. The van der Waals surface area contributed by atoms with Gasteiger partial charge >= 0.3 is 0 Å². The fourth-order valence-corrected chi connectivity index (χ4v) is 1.33.